The Bertz CT molecular complexity index is 472. The summed E-state index contributed by atoms with van der Waals surface area (Å²) in [6.45, 7) is 0. The van der Waals surface area contributed by atoms with Gasteiger partial charge in [-0.3, -0.25) is 10.1 Å². The van der Waals surface area contributed by atoms with Gasteiger partial charge in [0.05, 0.1) is 0 Å². The van der Waals surface area contributed by atoms with Crippen molar-refractivity contribution in [1.82, 2.24) is 0 Å². The van der Waals surface area contributed by atoms with E-state index in [2.05, 4.69) is 0 Å². The summed E-state index contributed by atoms with van der Waals surface area (Å²) < 4.78 is 63.0. The summed E-state index contributed by atoms with van der Waals surface area (Å²) in [4.78, 5) is 18.7. The molecule has 0 aliphatic rings. The first-order valence-electron chi connectivity index (χ1n) is 3.49. The fraction of sp³-hybridized carbons (Fsp3) is 0. The Morgan fingerprint density at radius 1 is 0.875 bits per heavy atom. The van der Waals surface area contributed by atoms with Crippen molar-refractivity contribution in [2.24, 2.45) is 0 Å². The Morgan fingerprint density at radius 3 is 1.50 bits per heavy atom. The molecule has 1 aromatic rings. The zero-order chi connectivity index (χ0) is 12.6. The Hall–Kier alpha value is -2.06. The van der Waals surface area contributed by atoms with Crippen molar-refractivity contribution in [2.45, 2.75) is 0 Å². The number of benzene rings is 1. The largest absolute Gasteiger partial charge is 0.482 e. The molecule has 0 saturated heterocycles. The Labute approximate surface area is 83.4 Å². The van der Waals surface area contributed by atoms with Crippen molar-refractivity contribution >= 4 is 5.91 Å². The van der Waals surface area contributed by atoms with Crippen LogP contribution >= 0.6 is 0 Å². The SMILES string of the molecule is O=C(c1c(F)c(F)c(F)c(F)c1F)[N+](=O)[O-]. The van der Waals surface area contributed by atoms with E-state index in [4.69, 9.17) is 0 Å². The van der Waals surface area contributed by atoms with E-state index in [1.165, 1.54) is 0 Å². The summed E-state index contributed by atoms with van der Waals surface area (Å²) in [5.41, 5.74) is -2.08. The predicted octanol–water partition coefficient (Wildman–Crippen LogP) is 1.80. The number of hydrogen-bond donors (Lipinski definition) is 0. The highest BCUT2D eigenvalue weighted by Gasteiger charge is 2.35. The van der Waals surface area contributed by atoms with E-state index in [-0.39, 0.29) is 0 Å². The second-order valence-corrected chi connectivity index (χ2v) is 2.51. The normalized spacial score (nSPS) is 10.3. The fourth-order valence-electron chi connectivity index (χ4n) is 0.884. The topological polar surface area (TPSA) is 60.2 Å². The van der Waals surface area contributed by atoms with Crippen LogP contribution in [0.2, 0.25) is 0 Å². The van der Waals surface area contributed by atoms with E-state index in [1.54, 1.807) is 0 Å². The molecule has 0 unspecified atom stereocenters. The molecule has 0 atom stereocenters. The van der Waals surface area contributed by atoms with Crippen LogP contribution in [0, 0.1) is 39.2 Å². The van der Waals surface area contributed by atoms with E-state index in [1.807, 2.05) is 0 Å². The molecule has 0 saturated carbocycles. The van der Waals surface area contributed by atoms with Gasteiger partial charge in [0, 0.05) is 0 Å². The number of halogens is 5. The van der Waals surface area contributed by atoms with E-state index >= 15 is 0 Å². The molecule has 86 valence electrons. The summed E-state index contributed by atoms with van der Waals surface area (Å²) in [7, 11) is 0. The van der Waals surface area contributed by atoms with Gasteiger partial charge in [-0.2, -0.15) is 0 Å². The van der Waals surface area contributed by atoms with Crippen molar-refractivity contribution in [1.29, 1.82) is 0 Å². The van der Waals surface area contributed by atoms with Gasteiger partial charge in [0.25, 0.3) is 0 Å². The predicted molar refractivity (Wildman–Crippen MR) is 37.6 cm³/mol. The molecule has 9 heteroatoms. The van der Waals surface area contributed by atoms with Gasteiger partial charge < -0.3 is 0 Å². The molecule has 0 aromatic heterocycles. The van der Waals surface area contributed by atoms with Crippen LogP contribution in [0.5, 0.6) is 0 Å². The minimum absolute atomic E-state index is 1.79. The van der Waals surface area contributed by atoms with Gasteiger partial charge in [0.1, 0.15) is 4.92 Å². The molecule has 0 bridgehead atoms. The lowest BCUT2D eigenvalue weighted by atomic mass is 10.1. The summed E-state index contributed by atoms with van der Waals surface area (Å²) >= 11 is 0. The quantitative estimate of drug-likeness (QED) is 0.247. The van der Waals surface area contributed by atoms with Gasteiger partial charge in [-0.25, -0.2) is 26.7 Å². The van der Waals surface area contributed by atoms with Gasteiger partial charge >= 0.3 is 5.91 Å². The third-order valence-corrected chi connectivity index (χ3v) is 1.59. The van der Waals surface area contributed by atoms with Crippen LogP contribution in [0.4, 0.5) is 22.0 Å². The maximum Gasteiger partial charge on any atom is 0.482 e. The summed E-state index contributed by atoms with van der Waals surface area (Å²) in [5, 5.41) is 9.90. The molecule has 1 rings (SSSR count). The highest BCUT2D eigenvalue weighted by Crippen LogP contribution is 2.23. The van der Waals surface area contributed by atoms with Crippen LogP contribution in [0.25, 0.3) is 0 Å². The molecule has 0 aliphatic heterocycles. The van der Waals surface area contributed by atoms with Crippen molar-refractivity contribution in [3.05, 3.63) is 44.8 Å². The van der Waals surface area contributed by atoms with Crippen molar-refractivity contribution < 1.29 is 31.7 Å². The molecule has 16 heavy (non-hydrogen) atoms. The van der Waals surface area contributed by atoms with Gasteiger partial charge in [-0.05, 0) is 0 Å². The number of nitro groups is 1. The van der Waals surface area contributed by atoms with Crippen LogP contribution in [0.1, 0.15) is 10.4 Å². The molecule has 0 N–H and O–H groups in total. The molecular weight excluding hydrogens is 241 g/mol. The lowest BCUT2D eigenvalue weighted by molar-refractivity contribution is -0.375. The summed E-state index contributed by atoms with van der Waals surface area (Å²) in [5.74, 6) is -14.8. The van der Waals surface area contributed by atoms with Crippen LogP contribution in [-0.4, -0.2) is 10.8 Å². The first kappa shape index (κ1) is 12.0. The molecule has 1 amide bonds. The first-order chi connectivity index (χ1) is 7.29. The maximum atomic E-state index is 12.8. The first-order valence-corrected chi connectivity index (χ1v) is 3.49. The lowest BCUT2D eigenvalue weighted by Crippen LogP contribution is -2.19. The number of rotatable bonds is 1. The van der Waals surface area contributed by atoms with Crippen molar-refractivity contribution in [3.8, 4) is 0 Å². The number of amides is 1. The standard InChI is InChI=1S/C7F5NO3/c8-2-1(7(14)13(15)16)3(9)5(11)6(12)4(2)10. The smallest absolute Gasteiger partial charge is 0.255 e. The van der Waals surface area contributed by atoms with Gasteiger partial charge in [-0.15, -0.1) is 0 Å². The van der Waals surface area contributed by atoms with E-state index in [0.717, 1.165) is 0 Å². The van der Waals surface area contributed by atoms with Crippen LogP contribution in [-0.2, 0) is 0 Å². The number of nitrogens with zero attached hydrogens (tertiary/aromatic N) is 1. The van der Waals surface area contributed by atoms with Gasteiger partial charge in [0.2, 0.25) is 5.82 Å². The van der Waals surface area contributed by atoms with Crippen LogP contribution < -0.4 is 0 Å². The Balaban J connectivity index is 3.64. The van der Waals surface area contributed by atoms with E-state index < -0.39 is 45.5 Å². The minimum atomic E-state index is -2.50. The average Bonchev–Trinajstić information content (AvgIpc) is 2.23. The highest BCUT2D eigenvalue weighted by atomic mass is 19.2. The average molecular weight is 241 g/mol. The molecule has 0 fully saturated rings. The summed E-state index contributed by atoms with van der Waals surface area (Å²) in [6.07, 6.45) is 0. The molecule has 0 heterocycles. The lowest BCUT2D eigenvalue weighted by Gasteiger charge is -2.02. The maximum absolute atomic E-state index is 12.8. The minimum Gasteiger partial charge on any atom is -0.255 e. The molecular formula is C7F5NO3. The third-order valence-electron chi connectivity index (χ3n) is 1.59. The molecule has 0 radical (unpaired) electrons. The van der Waals surface area contributed by atoms with E-state index in [9.17, 15) is 36.9 Å². The molecule has 4 nitrogen and oxygen atoms in total. The zero-order valence-electron chi connectivity index (χ0n) is 7.06. The fourth-order valence-corrected chi connectivity index (χ4v) is 0.884. The molecule has 0 spiro atoms. The Morgan fingerprint density at radius 2 is 1.19 bits per heavy atom. The Kier molecular flexibility index (Phi) is 2.88. The van der Waals surface area contributed by atoms with E-state index in [0.29, 0.717) is 0 Å². The number of carbonyl (C=O) groups is 1. The zero-order valence-corrected chi connectivity index (χ0v) is 7.06. The van der Waals surface area contributed by atoms with Crippen LogP contribution in [0.3, 0.4) is 0 Å². The van der Waals surface area contributed by atoms with Crippen LogP contribution in [0.15, 0.2) is 0 Å². The van der Waals surface area contributed by atoms with Gasteiger partial charge in [-0.1, -0.05) is 0 Å². The van der Waals surface area contributed by atoms with Gasteiger partial charge in [0.15, 0.2) is 28.8 Å². The van der Waals surface area contributed by atoms with Crippen molar-refractivity contribution in [2.75, 3.05) is 0 Å². The second kappa shape index (κ2) is 3.83. The van der Waals surface area contributed by atoms with Crippen molar-refractivity contribution in [3.63, 3.8) is 0 Å². The highest BCUT2D eigenvalue weighted by molar-refractivity contribution is 5.88. The second-order valence-electron chi connectivity index (χ2n) is 2.51. The molecule has 1 aromatic carbocycles. The number of hydrogen-bond acceptors (Lipinski definition) is 3. The monoisotopic (exact) mass is 241 g/mol. The third kappa shape index (κ3) is 1.59. The number of carbonyl (C=O) groups excluding carboxylic acids is 1. The summed E-state index contributed by atoms with van der Waals surface area (Å²) in [6, 6.07) is 0. The molecule has 0 aliphatic carbocycles.